The highest BCUT2D eigenvalue weighted by molar-refractivity contribution is 15.0. The van der Waals surface area contributed by atoms with Gasteiger partial charge < -0.3 is 30.1 Å². The van der Waals surface area contributed by atoms with Crippen LogP contribution in [0.2, 0.25) is 0 Å². The number of rotatable bonds is 3. The lowest BCUT2D eigenvalue weighted by molar-refractivity contribution is -0.147. The number of nitrogens with one attached hydrogen (secondary N) is 2. The Bertz CT molecular complexity index is 938. The van der Waals surface area contributed by atoms with Gasteiger partial charge in [-0.1, -0.05) is 25.0 Å². The number of halogens is 2. The van der Waals surface area contributed by atoms with Crippen molar-refractivity contribution in [2.45, 2.75) is 102 Å². The van der Waals surface area contributed by atoms with Crippen molar-refractivity contribution in [3.8, 4) is 0 Å². The van der Waals surface area contributed by atoms with Crippen LogP contribution in [0.1, 0.15) is 72.6 Å². The van der Waals surface area contributed by atoms with Crippen molar-refractivity contribution in [1.29, 1.82) is 0 Å². The number of allylic oxidation sites excluding steroid dienone is 1. The predicted octanol–water partition coefficient (Wildman–Crippen LogP) is 3.66. The second-order valence-electron chi connectivity index (χ2n) is 10.8. The molecule has 13 heteroatoms. The summed E-state index contributed by atoms with van der Waals surface area (Å²) in [5, 5.41) is 15.1. The van der Waals surface area contributed by atoms with Gasteiger partial charge in [-0.25, -0.2) is 9.59 Å². The number of carboxylic acid groups (broad SMARTS) is 1. The van der Waals surface area contributed by atoms with Crippen LogP contribution in [0.25, 0.3) is 0 Å². The minimum absolute atomic E-state index is 0.0342. The number of nitrogens with zero attached hydrogens (tertiary/aromatic N) is 1. The number of carbonyl (C=O) groups is 5. The fourth-order valence-corrected chi connectivity index (χ4v) is 4.83. The van der Waals surface area contributed by atoms with Gasteiger partial charge in [0.2, 0.25) is 11.8 Å². The molecule has 0 aromatic heterocycles. The topological polar surface area (TPSA) is 151 Å². The van der Waals surface area contributed by atoms with Crippen LogP contribution in [0.4, 0.5) is 4.79 Å². The highest BCUT2D eigenvalue weighted by Gasteiger charge is 2.61. The number of hydrogen-bond donors (Lipinski definition) is 3. The molecule has 1 saturated heterocycles. The Morgan fingerprint density at radius 3 is 2.47 bits per heavy atom. The van der Waals surface area contributed by atoms with Crippen molar-refractivity contribution in [1.82, 2.24) is 15.5 Å². The summed E-state index contributed by atoms with van der Waals surface area (Å²) < 4.78 is 10.6. The summed E-state index contributed by atoms with van der Waals surface area (Å²) in [5.41, 5.74) is -2.18. The predicted molar refractivity (Wildman–Crippen MR) is 156 cm³/mol. The number of fused-ring (bicyclic) bond motifs is 2. The maximum Gasteiger partial charge on any atom is 0.408 e. The first-order valence-electron chi connectivity index (χ1n) is 12.7. The third kappa shape index (κ3) is 8.95. The molecule has 1 aliphatic carbocycles. The van der Waals surface area contributed by atoms with Gasteiger partial charge in [0.05, 0.1) is 6.54 Å². The number of aliphatic carboxylic acids is 1. The second kappa shape index (κ2) is 14.1. The summed E-state index contributed by atoms with van der Waals surface area (Å²) in [5.74, 6) is -3.14. The van der Waals surface area contributed by atoms with Gasteiger partial charge >= 0.3 is 18.0 Å². The molecule has 0 aromatic carbocycles. The molecule has 3 aliphatic rings. The fraction of sp³-hybridized carbons (Fsp3) is 0.720. The first-order chi connectivity index (χ1) is 17.8. The van der Waals surface area contributed by atoms with Crippen molar-refractivity contribution in [3.63, 3.8) is 0 Å². The van der Waals surface area contributed by atoms with Crippen molar-refractivity contribution in [2.75, 3.05) is 6.54 Å². The number of hydrogen-bond acceptors (Lipinski definition) is 7. The highest BCUT2D eigenvalue weighted by Crippen LogP contribution is 2.45. The number of alkyl carbamates (subject to hydrolysis) is 1. The average molecular weight is 761 g/mol. The summed E-state index contributed by atoms with van der Waals surface area (Å²) in [6, 6.07) is -2.00. The van der Waals surface area contributed by atoms with E-state index in [1.165, 1.54) is 11.8 Å². The number of amides is 3. The molecule has 0 spiro atoms. The summed E-state index contributed by atoms with van der Waals surface area (Å²) >= 11 is 4.24. The fourth-order valence-electron chi connectivity index (χ4n) is 4.83. The van der Waals surface area contributed by atoms with Crippen molar-refractivity contribution in [2.24, 2.45) is 5.92 Å². The van der Waals surface area contributed by atoms with E-state index in [2.05, 4.69) is 47.9 Å². The lowest BCUT2D eigenvalue weighted by Crippen LogP contribution is -2.56. The maximum atomic E-state index is 13.7. The van der Waals surface area contributed by atoms with Crippen LogP contribution < -0.4 is 10.6 Å². The molecule has 2 aliphatic heterocycles. The molecule has 0 aromatic rings. The molecular formula is C25H37I2N3O8. The maximum absolute atomic E-state index is 13.7. The number of esters is 1. The SMILES string of the molecule is CC(=O)O[C@@H]1C[C@H]2C(=O)N[C@]3(C(=O)O)C[C@H]3/C=C\CCCCC[C@H](NC(=O)OC(C)(C)C)C(=O)N2C1.II. The van der Waals surface area contributed by atoms with Crippen molar-refractivity contribution < 1.29 is 38.6 Å². The molecular weight excluding hydrogens is 724 g/mol. The van der Waals surface area contributed by atoms with Gasteiger partial charge in [-0.05, 0) is 46.5 Å². The number of carboxylic acids is 1. The number of carbonyl (C=O) groups excluding carboxylic acids is 4. The largest absolute Gasteiger partial charge is 0.479 e. The smallest absolute Gasteiger partial charge is 0.408 e. The van der Waals surface area contributed by atoms with E-state index in [0.29, 0.717) is 12.8 Å². The van der Waals surface area contributed by atoms with Crippen molar-refractivity contribution >= 4 is 67.1 Å². The molecule has 214 valence electrons. The van der Waals surface area contributed by atoms with Crippen LogP contribution >= 0.6 is 37.2 Å². The van der Waals surface area contributed by atoms with Crippen LogP contribution in [-0.4, -0.2) is 75.7 Å². The van der Waals surface area contributed by atoms with E-state index in [1.807, 2.05) is 12.2 Å². The zero-order chi connectivity index (χ0) is 28.7. The van der Waals surface area contributed by atoms with Crippen LogP contribution in [0.3, 0.4) is 0 Å². The Kier molecular flexibility index (Phi) is 12.1. The van der Waals surface area contributed by atoms with E-state index in [1.54, 1.807) is 20.8 Å². The van der Waals surface area contributed by atoms with Crippen LogP contribution in [0, 0.1) is 5.92 Å². The molecule has 1 saturated carbocycles. The Hall–Kier alpha value is -1.65. The molecule has 3 amide bonds. The third-order valence-corrected chi connectivity index (χ3v) is 6.64. The Morgan fingerprint density at radius 2 is 1.87 bits per heavy atom. The summed E-state index contributed by atoms with van der Waals surface area (Å²) in [7, 11) is 0. The van der Waals surface area contributed by atoms with E-state index < -0.39 is 59.2 Å². The molecule has 11 nitrogen and oxygen atoms in total. The van der Waals surface area contributed by atoms with E-state index in [0.717, 1.165) is 19.3 Å². The van der Waals surface area contributed by atoms with Gasteiger partial charge in [0.25, 0.3) is 0 Å². The van der Waals surface area contributed by atoms with E-state index in [9.17, 15) is 29.1 Å². The van der Waals surface area contributed by atoms with E-state index in [4.69, 9.17) is 9.47 Å². The van der Waals surface area contributed by atoms with Gasteiger partial charge in [0.15, 0.2) is 0 Å². The lowest BCUT2D eigenvalue weighted by Gasteiger charge is -2.30. The van der Waals surface area contributed by atoms with Gasteiger partial charge in [0, 0.05) is 56.5 Å². The van der Waals surface area contributed by atoms with Crippen LogP contribution in [0.5, 0.6) is 0 Å². The first-order valence-corrected chi connectivity index (χ1v) is 18.9. The van der Waals surface area contributed by atoms with E-state index >= 15 is 0 Å². The normalized spacial score (nSPS) is 30.5. The van der Waals surface area contributed by atoms with Gasteiger partial charge in [-0.2, -0.15) is 0 Å². The van der Waals surface area contributed by atoms with Gasteiger partial charge in [0.1, 0.15) is 29.3 Å². The van der Waals surface area contributed by atoms with Gasteiger partial charge in [-0.15, -0.1) is 0 Å². The molecule has 5 atom stereocenters. The monoisotopic (exact) mass is 761 g/mol. The summed E-state index contributed by atoms with van der Waals surface area (Å²) in [4.78, 5) is 64.4. The quantitative estimate of drug-likeness (QED) is 0.224. The van der Waals surface area contributed by atoms with Crippen molar-refractivity contribution in [3.05, 3.63) is 12.2 Å². The lowest BCUT2D eigenvalue weighted by atomic mass is 10.0. The first kappa shape index (κ1) is 32.6. The Labute approximate surface area is 246 Å². The van der Waals surface area contributed by atoms with E-state index in [-0.39, 0.29) is 25.3 Å². The molecule has 3 rings (SSSR count). The van der Waals surface area contributed by atoms with Gasteiger partial charge in [-0.3, -0.25) is 14.4 Å². The standard InChI is InChI=1S/C25H37N3O8.I2/c1-15(29)35-17-12-19-20(30)27-25(22(32)33)13-16(25)10-8-6-5-7-9-11-18(21(31)28(19)14-17)26-23(34)36-24(2,3)4;1-2/h8,10,16-19H,5-7,9,11-14H2,1-4H3,(H,26,34)(H,27,30)(H,32,33);/b10-8-;/t16-,17-,18+,19+,25-;/m1./s1. The Morgan fingerprint density at radius 1 is 1.18 bits per heavy atom. The minimum Gasteiger partial charge on any atom is -0.479 e. The molecule has 0 radical (unpaired) electrons. The Balaban J connectivity index is 0.00000247. The molecule has 0 bridgehead atoms. The molecule has 2 fully saturated rings. The third-order valence-electron chi connectivity index (χ3n) is 6.64. The molecule has 38 heavy (non-hydrogen) atoms. The number of ether oxygens (including phenoxy) is 2. The summed E-state index contributed by atoms with van der Waals surface area (Å²) in [6.45, 7) is 6.35. The van der Waals surface area contributed by atoms with Crippen LogP contribution in [-0.2, 0) is 28.7 Å². The van der Waals surface area contributed by atoms with Crippen LogP contribution in [0.15, 0.2) is 12.2 Å². The molecule has 3 N–H and O–H groups in total. The average Bonchev–Trinajstić information content (AvgIpc) is 3.35. The second-order valence-corrected chi connectivity index (χ2v) is 10.8. The zero-order valence-corrected chi connectivity index (χ0v) is 26.4. The highest BCUT2D eigenvalue weighted by atomic mass is 128. The minimum atomic E-state index is -1.42. The molecule has 0 unspecified atom stereocenters. The summed E-state index contributed by atoms with van der Waals surface area (Å²) in [6.07, 6.45) is 5.97. The molecule has 2 heterocycles. The zero-order valence-electron chi connectivity index (χ0n) is 22.1.